The van der Waals surface area contributed by atoms with Gasteiger partial charge in [-0.3, -0.25) is 9.36 Å². The largest absolute Gasteiger partial charge is 0.493 e. The van der Waals surface area contributed by atoms with Gasteiger partial charge in [-0.1, -0.05) is 53.8 Å². The number of carbonyl (C=O) groups excluding carboxylic acids is 1. The van der Waals surface area contributed by atoms with E-state index in [1.807, 2.05) is 12.1 Å². The fourth-order valence-corrected chi connectivity index (χ4v) is 5.80. The van der Waals surface area contributed by atoms with E-state index in [4.69, 9.17) is 14.2 Å². The van der Waals surface area contributed by atoms with Crippen LogP contribution in [-0.2, 0) is 16.1 Å². The van der Waals surface area contributed by atoms with Crippen molar-refractivity contribution in [3.05, 3.63) is 126 Å². The molecule has 1 aromatic heterocycles. The highest BCUT2D eigenvalue weighted by Crippen LogP contribution is 2.33. The van der Waals surface area contributed by atoms with Gasteiger partial charge in [0.15, 0.2) is 16.3 Å². The van der Waals surface area contributed by atoms with Gasteiger partial charge in [-0.2, -0.15) is 5.26 Å². The lowest BCUT2D eigenvalue weighted by Gasteiger charge is -2.24. The van der Waals surface area contributed by atoms with Crippen molar-refractivity contribution in [1.29, 1.82) is 5.26 Å². The number of nitriles is 1. The Hall–Kier alpha value is -5.01. The number of esters is 1. The van der Waals surface area contributed by atoms with Gasteiger partial charge in [0.05, 0.1) is 47.2 Å². The van der Waals surface area contributed by atoms with Crippen LogP contribution in [0.15, 0.2) is 87.8 Å². The number of hydrogen-bond acceptors (Lipinski definition) is 8. The number of benzene rings is 3. The molecule has 4 aromatic rings. The number of carbonyl (C=O) groups is 1. The highest BCUT2D eigenvalue weighted by Gasteiger charge is 2.33. The van der Waals surface area contributed by atoms with E-state index >= 15 is 0 Å². The molecule has 1 aliphatic rings. The van der Waals surface area contributed by atoms with Gasteiger partial charge in [0.2, 0.25) is 0 Å². The molecule has 0 N–H and O–H groups in total. The molecule has 0 fully saturated rings. The average molecular weight is 584 g/mol. The minimum Gasteiger partial charge on any atom is -0.493 e. The van der Waals surface area contributed by atoms with E-state index in [0.29, 0.717) is 48.8 Å². The summed E-state index contributed by atoms with van der Waals surface area (Å²) in [5, 5.41) is 9.46. The molecule has 10 heteroatoms. The van der Waals surface area contributed by atoms with Gasteiger partial charge in [0, 0.05) is 11.1 Å². The van der Waals surface area contributed by atoms with Crippen molar-refractivity contribution in [2.45, 2.75) is 26.5 Å². The number of methoxy groups -OCH3 is 1. The first-order chi connectivity index (χ1) is 20.4. The van der Waals surface area contributed by atoms with Gasteiger partial charge >= 0.3 is 5.97 Å². The standard InChI is InChI=1S/C32H26FN3O5S/c1-4-40-31(38)27-19(2)35-32-36(28(27)20-12-14-24(33)15-13-20)30(37)26(42-32)16-21-10-7-11-25(39-3)29(21)41-18-23-9-6-5-8-22(23)17-34/h5-16,28H,4,18H2,1-3H3/b26-16-/t28-/m1/s1. The Morgan fingerprint density at radius 1 is 1.14 bits per heavy atom. The van der Waals surface area contributed by atoms with E-state index in [0.717, 1.165) is 11.3 Å². The third-order valence-electron chi connectivity index (χ3n) is 6.73. The van der Waals surface area contributed by atoms with Gasteiger partial charge in [0.1, 0.15) is 12.4 Å². The topological polar surface area (TPSA) is 103 Å². The molecule has 0 aliphatic carbocycles. The van der Waals surface area contributed by atoms with Crippen LogP contribution in [0.3, 0.4) is 0 Å². The molecule has 3 aromatic carbocycles. The predicted molar refractivity (Wildman–Crippen MR) is 155 cm³/mol. The maximum absolute atomic E-state index is 14.0. The molecule has 0 amide bonds. The molecule has 0 radical (unpaired) electrons. The summed E-state index contributed by atoms with van der Waals surface area (Å²) in [7, 11) is 1.52. The Bertz CT molecular complexity index is 1920. The van der Waals surface area contributed by atoms with Crippen molar-refractivity contribution in [2.24, 2.45) is 4.99 Å². The van der Waals surface area contributed by atoms with Crippen molar-refractivity contribution >= 4 is 23.4 Å². The molecule has 0 saturated carbocycles. The van der Waals surface area contributed by atoms with Crippen LogP contribution in [0.1, 0.15) is 42.1 Å². The Morgan fingerprint density at radius 3 is 2.62 bits per heavy atom. The summed E-state index contributed by atoms with van der Waals surface area (Å²) in [6, 6.07) is 19.4. The number of aromatic nitrogens is 1. The van der Waals surface area contributed by atoms with Crippen LogP contribution in [0.4, 0.5) is 4.39 Å². The number of nitrogens with zero attached hydrogens (tertiary/aromatic N) is 3. The van der Waals surface area contributed by atoms with Crippen molar-refractivity contribution in [3.8, 4) is 17.6 Å². The van der Waals surface area contributed by atoms with Crippen molar-refractivity contribution in [2.75, 3.05) is 13.7 Å². The SMILES string of the molecule is CCOC(=O)C1=C(C)N=c2s/c(=C\c3cccc(OC)c3OCc3ccccc3C#N)c(=O)n2[C@@H]1c1ccc(F)cc1. The highest BCUT2D eigenvalue weighted by atomic mass is 32.1. The average Bonchev–Trinajstić information content (AvgIpc) is 3.30. The number of rotatable bonds is 8. The minimum absolute atomic E-state index is 0.110. The lowest BCUT2D eigenvalue weighted by molar-refractivity contribution is -0.139. The van der Waals surface area contributed by atoms with Gasteiger partial charge in [0.25, 0.3) is 5.56 Å². The molecular weight excluding hydrogens is 557 g/mol. The molecule has 1 aliphatic heterocycles. The lowest BCUT2D eigenvalue weighted by atomic mass is 9.96. The minimum atomic E-state index is -0.855. The highest BCUT2D eigenvalue weighted by molar-refractivity contribution is 7.07. The molecule has 0 saturated heterocycles. The number of hydrogen-bond donors (Lipinski definition) is 0. The van der Waals surface area contributed by atoms with E-state index in [1.165, 1.54) is 23.8 Å². The lowest BCUT2D eigenvalue weighted by Crippen LogP contribution is -2.39. The Morgan fingerprint density at radius 2 is 1.90 bits per heavy atom. The monoisotopic (exact) mass is 583 g/mol. The second kappa shape index (κ2) is 12.2. The summed E-state index contributed by atoms with van der Waals surface area (Å²) in [6.45, 7) is 3.64. The molecule has 2 heterocycles. The summed E-state index contributed by atoms with van der Waals surface area (Å²) in [5.74, 6) is -0.177. The van der Waals surface area contributed by atoms with Crippen molar-refractivity contribution in [3.63, 3.8) is 0 Å². The summed E-state index contributed by atoms with van der Waals surface area (Å²) < 4.78 is 32.6. The Balaban J connectivity index is 1.64. The van der Waals surface area contributed by atoms with Gasteiger partial charge in [-0.05, 0) is 49.8 Å². The van der Waals surface area contributed by atoms with Crippen LogP contribution >= 0.6 is 11.3 Å². The summed E-state index contributed by atoms with van der Waals surface area (Å²) in [4.78, 5) is 32.0. The van der Waals surface area contributed by atoms with E-state index in [2.05, 4.69) is 11.1 Å². The fourth-order valence-electron chi connectivity index (χ4n) is 4.76. The smallest absolute Gasteiger partial charge is 0.338 e. The van der Waals surface area contributed by atoms with E-state index in [9.17, 15) is 19.2 Å². The van der Waals surface area contributed by atoms with Crippen LogP contribution in [0, 0.1) is 17.1 Å². The molecule has 1 atom stereocenters. The van der Waals surface area contributed by atoms with Gasteiger partial charge in [-0.15, -0.1) is 0 Å². The van der Waals surface area contributed by atoms with Crippen molar-refractivity contribution in [1.82, 2.24) is 4.57 Å². The summed E-state index contributed by atoms with van der Waals surface area (Å²) in [6.07, 6.45) is 1.68. The molecule has 212 valence electrons. The van der Waals surface area contributed by atoms with Crippen molar-refractivity contribution < 1.29 is 23.4 Å². The van der Waals surface area contributed by atoms with E-state index in [-0.39, 0.29) is 24.3 Å². The molecule has 0 spiro atoms. The van der Waals surface area contributed by atoms with Crippen LogP contribution in [0.2, 0.25) is 0 Å². The van der Waals surface area contributed by atoms with E-state index in [1.54, 1.807) is 62.4 Å². The predicted octanol–water partition coefficient (Wildman–Crippen LogP) is 4.40. The number of halogens is 1. The van der Waals surface area contributed by atoms with E-state index < -0.39 is 17.8 Å². The van der Waals surface area contributed by atoms with Gasteiger partial charge < -0.3 is 14.2 Å². The molecule has 42 heavy (non-hydrogen) atoms. The number of ether oxygens (including phenoxy) is 3. The van der Waals surface area contributed by atoms with Crippen LogP contribution < -0.4 is 24.4 Å². The van der Waals surface area contributed by atoms with Crippen LogP contribution in [-0.4, -0.2) is 24.3 Å². The first-order valence-electron chi connectivity index (χ1n) is 13.1. The maximum Gasteiger partial charge on any atom is 0.338 e. The number of allylic oxidation sites excluding steroid dienone is 1. The second-order valence-electron chi connectivity index (χ2n) is 9.29. The number of para-hydroxylation sites is 1. The normalized spacial score (nSPS) is 14.5. The first kappa shape index (κ1) is 28.5. The second-order valence-corrected chi connectivity index (χ2v) is 10.3. The fraction of sp³-hybridized carbons (Fsp3) is 0.188. The third-order valence-corrected chi connectivity index (χ3v) is 7.71. The Kier molecular flexibility index (Phi) is 8.31. The molecule has 0 bridgehead atoms. The summed E-state index contributed by atoms with van der Waals surface area (Å²) >= 11 is 1.16. The van der Waals surface area contributed by atoms with Crippen LogP contribution in [0.5, 0.6) is 11.5 Å². The molecule has 8 nitrogen and oxygen atoms in total. The molecule has 0 unspecified atom stereocenters. The maximum atomic E-state index is 14.0. The molecule has 5 rings (SSSR count). The summed E-state index contributed by atoms with van der Waals surface area (Å²) in [5.41, 5.74) is 2.57. The zero-order valence-electron chi connectivity index (χ0n) is 23.1. The molecular formula is C32H26FN3O5S. The van der Waals surface area contributed by atoms with Crippen LogP contribution in [0.25, 0.3) is 6.08 Å². The number of thiazole rings is 1. The van der Waals surface area contributed by atoms with Gasteiger partial charge in [-0.25, -0.2) is 14.2 Å². The Labute approximate surface area is 244 Å². The third kappa shape index (κ3) is 5.47. The first-order valence-corrected chi connectivity index (χ1v) is 13.9. The quantitative estimate of drug-likeness (QED) is 0.285. The zero-order chi connectivity index (χ0) is 29.8. The zero-order valence-corrected chi connectivity index (χ0v) is 23.9. The number of fused-ring (bicyclic) bond motifs is 1.